The van der Waals surface area contributed by atoms with Crippen molar-refractivity contribution in [1.82, 2.24) is 15.2 Å². The molecule has 2 heterocycles. The fourth-order valence-corrected chi connectivity index (χ4v) is 2.85. The second kappa shape index (κ2) is 4.59. The number of anilines is 1. The molecule has 0 aliphatic heterocycles. The van der Waals surface area contributed by atoms with E-state index in [9.17, 15) is 0 Å². The van der Waals surface area contributed by atoms with Gasteiger partial charge in [0, 0.05) is 18.1 Å². The Balaban J connectivity index is 2.16. The maximum absolute atomic E-state index is 4.15. The zero-order chi connectivity index (χ0) is 10.7. The van der Waals surface area contributed by atoms with Crippen LogP contribution in [0.5, 0.6) is 0 Å². The molecule has 0 saturated heterocycles. The van der Waals surface area contributed by atoms with Crippen molar-refractivity contribution in [2.24, 2.45) is 0 Å². The molecule has 0 amide bonds. The van der Waals surface area contributed by atoms with E-state index >= 15 is 0 Å². The van der Waals surface area contributed by atoms with E-state index in [0.29, 0.717) is 0 Å². The second-order valence-electron chi connectivity index (χ2n) is 2.82. The van der Waals surface area contributed by atoms with Crippen LogP contribution in [-0.2, 0) is 0 Å². The first-order chi connectivity index (χ1) is 7.28. The van der Waals surface area contributed by atoms with Gasteiger partial charge in [-0.1, -0.05) is 23.1 Å². The van der Waals surface area contributed by atoms with Crippen molar-refractivity contribution in [3.8, 4) is 0 Å². The molecule has 2 rings (SSSR count). The lowest BCUT2D eigenvalue weighted by Gasteiger charge is -2.00. The minimum absolute atomic E-state index is 0.862. The molecule has 0 aliphatic carbocycles. The van der Waals surface area contributed by atoms with Crippen LogP contribution in [0.4, 0.5) is 5.82 Å². The molecular weight excluding hydrogens is 228 g/mol. The predicted octanol–water partition coefficient (Wildman–Crippen LogP) is 2.43. The van der Waals surface area contributed by atoms with Gasteiger partial charge in [0.25, 0.3) is 0 Å². The third-order valence-corrected chi connectivity index (χ3v) is 3.58. The van der Waals surface area contributed by atoms with Gasteiger partial charge in [-0.05, 0) is 19.1 Å². The fraction of sp³-hybridized carbons (Fsp3) is 0.222. The third-order valence-electron chi connectivity index (χ3n) is 1.70. The van der Waals surface area contributed by atoms with Crippen molar-refractivity contribution in [1.29, 1.82) is 0 Å². The number of rotatable bonds is 3. The van der Waals surface area contributed by atoms with Gasteiger partial charge in [0.2, 0.25) is 0 Å². The number of nitrogens with one attached hydrogen (secondary N) is 1. The predicted molar refractivity (Wildman–Crippen MR) is 62.6 cm³/mol. The molecule has 2 aromatic heterocycles. The summed E-state index contributed by atoms with van der Waals surface area (Å²) >= 11 is 3.20. The topological polar surface area (TPSA) is 50.7 Å². The molecule has 78 valence electrons. The summed E-state index contributed by atoms with van der Waals surface area (Å²) in [5.41, 5.74) is 0. The van der Waals surface area contributed by atoms with Gasteiger partial charge in [0.15, 0.2) is 4.34 Å². The normalized spacial score (nSPS) is 10.3. The number of hydrogen-bond acceptors (Lipinski definition) is 6. The summed E-state index contributed by atoms with van der Waals surface area (Å²) in [5, 5.41) is 12.0. The summed E-state index contributed by atoms with van der Waals surface area (Å²) in [4.78, 5) is 5.26. The molecule has 0 radical (unpaired) electrons. The number of pyridine rings is 1. The van der Waals surface area contributed by atoms with Gasteiger partial charge in [0.05, 0.1) is 0 Å². The molecule has 4 nitrogen and oxygen atoms in total. The summed E-state index contributed by atoms with van der Waals surface area (Å²) < 4.78 is 0.959. The largest absolute Gasteiger partial charge is 0.373 e. The third kappa shape index (κ3) is 2.66. The molecule has 6 heteroatoms. The zero-order valence-electron chi connectivity index (χ0n) is 8.39. The van der Waals surface area contributed by atoms with Gasteiger partial charge in [-0.25, -0.2) is 4.98 Å². The number of hydrogen-bond donors (Lipinski definition) is 1. The van der Waals surface area contributed by atoms with E-state index in [2.05, 4.69) is 20.5 Å². The molecule has 0 aromatic carbocycles. The van der Waals surface area contributed by atoms with Crippen LogP contribution >= 0.6 is 23.1 Å². The quantitative estimate of drug-likeness (QED) is 0.890. The van der Waals surface area contributed by atoms with Gasteiger partial charge in [-0.2, -0.15) is 0 Å². The molecule has 0 saturated carbocycles. The Morgan fingerprint density at radius 2 is 2.27 bits per heavy atom. The maximum atomic E-state index is 4.15. The Bertz CT molecular complexity index is 455. The second-order valence-corrected chi connectivity index (χ2v) is 5.32. The van der Waals surface area contributed by atoms with E-state index < -0.39 is 0 Å². The van der Waals surface area contributed by atoms with Crippen molar-refractivity contribution in [3.63, 3.8) is 0 Å². The van der Waals surface area contributed by atoms with Crippen molar-refractivity contribution in [2.75, 3.05) is 12.4 Å². The highest BCUT2D eigenvalue weighted by molar-refractivity contribution is 8.01. The van der Waals surface area contributed by atoms with Crippen LogP contribution in [0.2, 0.25) is 0 Å². The Labute approximate surface area is 96.2 Å². The van der Waals surface area contributed by atoms with Crippen LogP contribution in [0.25, 0.3) is 0 Å². The molecule has 2 aromatic rings. The van der Waals surface area contributed by atoms with E-state index in [1.807, 2.05) is 26.1 Å². The summed E-state index contributed by atoms with van der Waals surface area (Å²) in [6.45, 7) is 1.95. The summed E-state index contributed by atoms with van der Waals surface area (Å²) in [7, 11) is 1.85. The average Bonchev–Trinajstić information content (AvgIpc) is 2.64. The van der Waals surface area contributed by atoms with Gasteiger partial charge in [-0.15, -0.1) is 10.2 Å². The molecule has 0 fully saturated rings. The SMILES string of the molecule is CNc1cc(Sc2nnc(C)s2)ccn1. The highest BCUT2D eigenvalue weighted by Crippen LogP contribution is 2.30. The van der Waals surface area contributed by atoms with Crippen molar-refractivity contribution >= 4 is 28.9 Å². The smallest absolute Gasteiger partial charge is 0.179 e. The van der Waals surface area contributed by atoms with Gasteiger partial charge in [0.1, 0.15) is 10.8 Å². The van der Waals surface area contributed by atoms with Crippen LogP contribution < -0.4 is 5.32 Å². The monoisotopic (exact) mass is 238 g/mol. The molecule has 0 spiro atoms. The van der Waals surface area contributed by atoms with Gasteiger partial charge in [-0.3, -0.25) is 0 Å². The first-order valence-corrected chi connectivity index (χ1v) is 6.03. The van der Waals surface area contributed by atoms with E-state index in [0.717, 1.165) is 20.1 Å². The molecule has 15 heavy (non-hydrogen) atoms. The zero-order valence-corrected chi connectivity index (χ0v) is 10.0. The first-order valence-electron chi connectivity index (χ1n) is 4.39. The van der Waals surface area contributed by atoms with Gasteiger partial charge >= 0.3 is 0 Å². The van der Waals surface area contributed by atoms with Crippen LogP contribution in [0.3, 0.4) is 0 Å². The van der Waals surface area contributed by atoms with E-state index in [1.54, 1.807) is 29.3 Å². The summed E-state index contributed by atoms with van der Waals surface area (Å²) in [5.74, 6) is 0.862. The van der Waals surface area contributed by atoms with Crippen molar-refractivity contribution < 1.29 is 0 Å². The van der Waals surface area contributed by atoms with E-state index in [1.165, 1.54) is 0 Å². The average molecular weight is 238 g/mol. The van der Waals surface area contributed by atoms with Crippen LogP contribution in [0.15, 0.2) is 27.6 Å². The lowest BCUT2D eigenvalue weighted by Crippen LogP contribution is -1.90. The van der Waals surface area contributed by atoms with Gasteiger partial charge < -0.3 is 5.32 Å². The van der Waals surface area contributed by atoms with Crippen molar-refractivity contribution in [3.05, 3.63) is 23.3 Å². The molecule has 0 unspecified atom stereocenters. The highest BCUT2D eigenvalue weighted by atomic mass is 32.2. The van der Waals surface area contributed by atoms with E-state index in [4.69, 9.17) is 0 Å². The molecule has 0 atom stereocenters. The van der Waals surface area contributed by atoms with E-state index in [-0.39, 0.29) is 0 Å². The fourth-order valence-electron chi connectivity index (χ4n) is 1.03. The minimum atomic E-state index is 0.862. The molecule has 1 N–H and O–H groups in total. The first kappa shape index (κ1) is 10.4. The standard InChI is InChI=1S/C9H10N4S2/c1-6-12-13-9(14-6)15-7-3-4-11-8(5-7)10-2/h3-5H,1-2H3,(H,10,11). The van der Waals surface area contributed by atoms with Crippen molar-refractivity contribution in [2.45, 2.75) is 16.2 Å². The number of aromatic nitrogens is 3. The summed E-state index contributed by atoms with van der Waals surface area (Å²) in [6.07, 6.45) is 1.78. The lowest BCUT2D eigenvalue weighted by molar-refractivity contribution is 0.983. The van der Waals surface area contributed by atoms with Crippen LogP contribution in [0.1, 0.15) is 5.01 Å². The summed E-state index contributed by atoms with van der Waals surface area (Å²) in [6, 6.07) is 3.95. The van der Waals surface area contributed by atoms with Crippen LogP contribution in [0, 0.1) is 6.92 Å². The Hall–Kier alpha value is -1.14. The maximum Gasteiger partial charge on any atom is 0.179 e. The minimum Gasteiger partial charge on any atom is -0.373 e. The Kier molecular flexibility index (Phi) is 3.17. The number of aryl methyl sites for hydroxylation is 1. The highest BCUT2D eigenvalue weighted by Gasteiger charge is 2.03. The molecule has 0 bridgehead atoms. The van der Waals surface area contributed by atoms with Crippen LogP contribution in [-0.4, -0.2) is 22.2 Å². The molecular formula is C9H10N4S2. The Morgan fingerprint density at radius 3 is 2.93 bits per heavy atom. The number of nitrogens with zero attached hydrogens (tertiary/aromatic N) is 3. The Morgan fingerprint density at radius 1 is 1.40 bits per heavy atom. The lowest BCUT2D eigenvalue weighted by atomic mass is 10.5. The molecule has 0 aliphatic rings.